The number of allylic oxidation sites excluding steroid dienone is 1. The van der Waals surface area contributed by atoms with Gasteiger partial charge in [-0.25, -0.2) is 13.1 Å². The van der Waals surface area contributed by atoms with Gasteiger partial charge in [0.2, 0.25) is 10.0 Å². The fourth-order valence-corrected chi connectivity index (χ4v) is 3.13. The Morgan fingerprint density at radius 1 is 1.53 bits per heavy atom. The molecule has 8 heteroatoms. The first-order valence-corrected chi connectivity index (χ1v) is 7.37. The van der Waals surface area contributed by atoms with Gasteiger partial charge in [0.15, 0.2) is 0 Å². The third-order valence-electron chi connectivity index (χ3n) is 2.81. The van der Waals surface area contributed by atoms with Gasteiger partial charge in [0, 0.05) is 12.2 Å². The van der Waals surface area contributed by atoms with E-state index in [4.69, 9.17) is 5.11 Å². The van der Waals surface area contributed by atoms with Crippen molar-refractivity contribution in [1.29, 1.82) is 0 Å². The number of aromatic nitrogens is 2. The second-order valence-corrected chi connectivity index (χ2v) is 6.08. The molecule has 0 amide bonds. The van der Waals surface area contributed by atoms with Crippen LogP contribution in [0.5, 0.6) is 0 Å². The molecule has 0 aromatic carbocycles. The molecule has 0 radical (unpaired) electrons. The first-order valence-electron chi connectivity index (χ1n) is 5.89. The zero-order chi connectivity index (χ0) is 13.9. The Kier molecular flexibility index (Phi) is 4.01. The highest BCUT2D eigenvalue weighted by atomic mass is 32.2. The molecule has 0 saturated heterocycles. The van der Waals surface area contributed by atoms with Crippen LogP contribution in [-0.4, -0.2) is 35.3 Å². The van der Waals surface area contributed by atoms with E-state index in [1.54, 1.807) is 0 Å². The maximum Gasteiger partial charge on any atom is 0.325 e. The standard InChI is InChI=1S/C11H15N3O4S/c15-11(16)8-14-7-10(6-12-14)19(17,18)13-9-4-2-1-3-5-9/h1-2,6-7,9,13H,3-5,8H2,(H,15,16). The van der Waals surface area contributed by atoms with Crippen LogP contribution >= 0.6 is 0 Å². The average molecular weight is 285 g/mol. The van der Waals surface area contributed by atoms with Gasteiger partial charge in [-0.2, -0.15) is 5.10 Å². The van der Waals surface area contributed by atoms with Crippen molar-refractivity contribution in [3.8, 4) is 0 Å². The number of carbonyl (C=O) groups is 1. The predicted molar refractivity (Wildman–Crippen MR) is 67.0 cm³/mol. The van der Waals surface area contributed by atoms with E-state index in [1.165, 1.54) is 6.20 Å². The summed E-state index contributed by atoms with van der Waals surface area (Å²) in [6.07, 6.45) is 8.63. The lowest BCUT2D eigenvalue weighted by molar-refractivity contribution is -0.137. The topological polar surface area (TPSA) is 101 Å². The Morgan fingerprint density at radius 2 is 2.32 bits per heavy atom. The van der Waals surface area contributed by atoms with Gasteiger partial charge in [0.25, 0.3) is 0 Å². The molecule has 1 aromatic rings. The Bertz CT molecular complexity index is 591. The van der Waals surface area contributed by atoms with E-state index in [9.17, 15) is 13.2 Å². The Labute approximate surface area is 111 Å². The number of sulfonamides is 1. The first-order chi connectivity index (χ1) is 8.97. The second kappa shape index (κ2) is 5.54. The summed E-state index contributed by atoms with van der Waals surface area (Å²) in [5.41, 5.74) is 0. The van der Waals surface area contributed by atoms with E-state index in [2.05, 4.69) is 9.82 Å². The number of nitrogens with zero attached hydrogens (tertiary/aromatic N) is 2. The Hall–Kier alpha value is -1.67. The van der Waals surface area contributed by atoms with Crippen LogP contribution in [-0.2, 0) is 21.4 Å². The van der Waals surface area contributed by atoms with Crippen LogP contribution in [0.1, 0.15) is 19.3 Å². The molecule has 104 valence electrons. The monoisotopic (exact) mass is 285 g/mol. The smallest absolute Gasteiger partial charge is 0.325 e. The zero-order valence-corrected chi connectivity index (χ0v) is 11.0. The number of carboxylic acids is 1. The van der Waals surface area contributed by atoms with Crippen molar-refractivity contribution in [2.24, 2.45) is 0 Å². The maximum absolute atomic E-state index is 12.1. The number of aliphatic carboxylic acids is 1. The fraction of sp³-hybridized carbons (Fsp3) is 0.455. The Balaban J connectivity index is 2.08. The number of hydrogen-bond acceptors (Lipinski definition) is 4. The molecular weight excluding hydrogens is 270 g/mol. The molecule has 1 aliphatic carbocycles. The molecule has 1 aromatic heterocycles. The summed E-state index contributed by atoms with van der Waals surface area (Å²) in [6.45, 7) is -0.359. The molecule has 2 N–H and O–H groups in total. The van der Waals surface area contributed by atoms with E-state index in [0.29, 0.717) is 6.42 Å². The maximum atomic E-state index is 12.1. The first kappa shape index (κ1) is 13.8. The minimum Gasteiger partial charge on any atom is -0.480 e. The van der Waals surface area contributed by atoms with Gasteiger partial charge >= 0.3 is 5.97 Å². The highest BCUT2D eigenvalue weighted by molar-refractivity contribution is 7.89. The van der Waals surface area contributed by atoms with Crippen LogP contribution in [0.25, 0.3) is 0 Å². The number of rotatable bonds is 5. The van der Waals surface area contributed by atoms with Gasteiger partial charge in [0.1, 0.15) is 11.4 Å². The van der Waals surface area contributed by atoms with Gasteiger partial charge < -0.3 is 5.11 Å². The molecule has 19 heavy (non-hydrogen) atoms. The molecule has 2 rings (SSSR count). The molecule has 1 aliphatic rings. The van der Waals surface area contributed by atoms with Gasteiger partial charge in [-0.15, -0.1) is 0 Å². The highest BCUT2D eigenvalue weighted by Crippen LogP contribution is 2.15. The van der Waals surface area contributed by atoms with Crippen LogP contribution in [0.2, 0.25) is 0 Å². The van der Waals surface area contributed by atoms with Gasteiger partial charge in [0.05, 0.1) is 6.20 Å². The molecule has 1 heterocycles. The van der Waals surface area contributed by atoms with Crippen LogP contribution in [0.4, 0.5) is 0 Å². The Morgan fingerprint density at radius 3 is 2.95 bits per heavy atom. The summed E-state index contributed by atoms with van der Waals surface area (Å²) < 4.78 is 27.8. The molecule has 1 unspecified atom stereocenters. The van der Waals surface area contributed by atoms with Crippen molar-refractivity contribution in [2.45, 2.75) is 36.7 Å². The van der Waals surface area contributed by atoms with Crippen molar-refractivity contribution in [2.75, 3.05) is 0 Å². The number of carboxylic acid groups (broad SMARTS) is 1. The summed E-state index contributed by atoms with van der Waals surface area (Å²) in [5.74, 6) is -1.07. The van der Waals surface area contributed by atoms with Crippen LogP contribution < -0.4 is 4.72 Å². The summed E-state index contributed by atoms with van der Waals surface area (Å²) in [7, 11) is -3.64. The third kappa shape index (κ3) is 3.65. The molecule has 7 nitrogen and oxygen atoms in total. The summed E-state index contributed by atoms with van der Waals surface area (Å²) in [4.78, 5) is 10.5. The summed E-state index contributed by atoms with van der Waals surface area (Å²) in [5, 5.41) is 12.3. The normalized spacial score (nSPS) is 19.5. The van der Waals surface area contributed by atoms with Crippen molar-refractivity contribution in [3.05, 3.63) is 24.5 Å². The van der Waals surface area contributed by atoms with Crippen LogP contribution in [0.15, 0.2) is 29.4 Å². The molecule has 0 aliphatic heterocycles. The molecule has 0 spiro atoms. The average Bonchev–Trinajstić information content (AvgIpc) is 2.78. The summed E-state index contributed by atoms with van der Waals surface area (Å²) in [6, 6.07) is -0.113. The lowest BCUT2D eigenvalue weighted by Gasteiger charge is -2.18. The fourth-order valence-electron chi connectivity index (χ4n) is 1.90. The largest absolute Gasteiger partial charge is 0.480 e. The molecule has 1 atom stereocenters. The van der Waals surface area contributed by atoms with Crippen molar-refractivity contribution in [1.82, 2.24) is 14.5 Å². The SMILES string of the molecule is O=C(O)Cn1cc(S(=O)(=O)NC2CC=CCC2)cn1. The minimum absolute atomic E-state index is 0.0108. The zero-order valence-electron chi connectivity index (χ0n) is 10.2. The van der Waals surface area contributed by atoms with Crippen LogP contribution in [0, 0.1) is 0 Å². The van der Waals surface area contributed by atoms with Gasteiger partial charge in [-0.3, -0.25) is 9.48 Å². The third-order valence-corrected chi connectivity index (χ3v) is 4.28. The van der Waals surface area contributed by atoms with Crippen LogP contribution in [0.3, 0.4) is 0 Å². The van der Waals surface area contributed by atoms with Gasteiger partial charge in [-0.05, 0) is 19.3 Å². The van der Waals surface area contributed by atoms with Gasteiger partial charge in [-0.1, -0.05) is 12.2 Å². The lowest BCUT2D eigenvalue weighted by Crippen LogP contribution is -2.35. The van der Waals surface area contributed by atoms with Crippen molar-refractivity contribution in [3.63, 3.8) is 0 Å². The lowest BCUT2D eigenvalue weighted by atomic mass is 10.0. The highest BCUT2D eigenvalue weighted by Gasteiger charge is 2.22. The van der Waals surface area contributed by atoms with Crippen molar-refractivity contribution >= 4 is 16.0 Å². The second-order valence-electron chi connectivity index (χ2n) is 4.37. The van der Waals surface area contributed by atoms with E-state index in [0.717, 1.165) is 23.7 Å². The van der Waals surface area contributed by atoms with Crippen molar-refractivity contribution < 1.29 is 18.3 Å². The molecular formula is C11H15N3O4S. The van der Waals surface area contributed by atoms with E-state index in [-0.39, 0.29) is 17.5 Å². The minimum atomic E-state index is -3.64. The number of nitrogens with one attached hydrogen (secondary N) is 1. The quantitative estimate of drug-likeness (QED) is 0.760. The predicted octanol–water partition coefficient (Wildman–Crippen LogP) is 0.355. The van der Waals surface area contributed by atoms with E-state index >= 15 is 0 Å². The van der Waals surface area contributed by atoms with E-state index in [1.807, 2.05) is 12.2 Å². The summed E-state index contributed by atoms with van der Waals surface area (Å²) >= 11 is 0. The molecule has 0 fully saturated rings. The molecule has 0 bridgehead atoms. The van der Waals surface area contributed by atoms with E-state index < -0.39 is 16.0 Å². The molecule has 0 saturated carbocycles. The number of hydrogen-bond donors (Lipinski definition) is 2.